The maximum absolute atomic E-state index is 11.9. The fourth-order valence-corrected chi connectivity index (χ4v) is 2.31. The van der Waals surface area contributed by atoms with Gasteiger partial charge in [-0.2, -0.15) is 0 Å². The van der Waals surface area contributed by atoms with E-state index in [2.05, 4.69) is 5.48 Å². The highest BCUT2D eigenvalue weighted by atomic mass is 16.7. The predicted molar refractivity (Wildman–Crippen MR) is 66.5 cm³/mol. The van der Waals surface area contributed by atoms with E-state index in [1.54, 1.807) is 6.08 Å². The molecule has 1 N–H and O–H groups in total. The monoisotopic (exact) mass is 245 g/mol. The predicted octanol–water partition coefficient (Wildman–Crippen LogP) is 2.41. The molecule has 1 saturated carbocycles. The summed E-state index contributed by atoms with van der Waals surface area (Å²) in [6.45, 7) is 0. The summed E-state index contributed by atoms with van der Waals surface area (Å²) in [5, 5.41) is 0. The van der Waals surface area contributed by atoms with Gasteiger partial charge in [-0.15, -0.1) is 0 Å². The van der Waals surface area contributed by atoms with Gasteiger partial charge in [0.15, 0.2) is 11.4 Å². The third-order valence-electron chi connectivity index (χ3n) is 3.29. The molecule has 0 amide bonds. The minimum atomic E-state index is -0.337. The van der Waals surface area contributed by atoms with E-state index in [4.69, 9.17) is 9.57 Å². The van der Waals surface area contributed by atoms with Crippen molar-refractivity contribution in [1.29, 1.82) is 0 Å². The fraction of sp³-hybridized carbons (Fsp3) is 0.357. The van der Waals surface area contributed by atoms with Crippen LogP contribution in [0.5, 0.6) is 5.75 Å². The van der Waals surface area contributed by atoms with Crippen molar-refractivity contribution in [2.24, 2.45) is 0 Å². The van der Waals surface area contributed by atoms with E-state index >= 15 is 0 Å². The third-order valence-corrected chi connectivity index (χ3v) is 3.29. The lowest BCUT2D eigenvalue weighted by atomic mass is 10.1. The number of carbonyl (C=O) groups excluding carboxylic acids is 1. The minimum absolute atomic E-state index is 0.0670. The van der Waals surface area contributed by atoms with Crippen LogP contribution in [-0.2, 0) is 9.53 Å². The topological polar surface area (TPSA) is 47.6 Å². The lowest BCUT2D eigenvalue weighted by Crippen LogP contribution is -2.29. The van der Waals surface area contributed by atoms with E-state index in [0.717, 1.165) is 37.0 Å². The highest BCUT2D eigenvalue weighted by Crippen LogP contribution is 2.25. The van der Waals surface area contributed by atoms with Gasteiger partial charge in [0, 0.05) is 5.56 Å². The highest BCUT2D eigenvalue weighted by Gasteiger charge is 2.23. The number of rotatable bonds is 2. The molecule has 2 aliphatic rings. The first-order valence-corrected chi connectivity index (χ1v) is 6.27. The molecule has 18 heavy (non-hydrogen) atoms. The zero-order valence-electron chi connectivity index (χ0n) is 10.0. The van der Waals surface area contributed by atoms with E-state index in [0.29, 0.717) is 5.70 Å². The van der Waals surface area contributed by atoms with Crippen LogP contribution in [0.1, 0.15) is 31.2 Å². The van der Waals surface area contributed by atoms with E-state index in [9.17, 15) is 4.79 Å². The van der Waals surface area contributed by atoms with Gasteiger partial charge in [-0.05, 0) is 37.8 Å². The summed E-state index contributed by atoms with van der Waals surface area (Å²) in [7, 11) is 0. The van der Waals surface area contributed by atoms with Crippen molar-refractivity contribution in [3.05, 3.63) is 35.5 Å². The molecule has 94 valence electrons. The van der Waals surface area contributed by atoms with Crippen molar-refractivity contribution >= 4 is 12.0 Å². The zero-order valence-corrected chi connectivity index (χ0v) is 10.0. The second-order valence-electron chi connectivity index (χ2n) is 4.61. The van der Waals surface area contributed by atoms with Crippen LogP contribution in [0.15, 0.2) is 30.0 Å². The van der Waals surface area contributed by atoms with Crippen LogP contribution in [-0.4, -0.2) is 12.1 Å². The van der Waals surface area contributed by atoms with Crippen molar-refractivity contribution in [2.75, 3.05) is 0 Å². The molecule has 0 unspecified atom stereocenters. The standard InChI is InChI=1S/C14H15NO3/c16-14(17-11-6-2-3-7-11)12-9-10-5-1-4-8-13(10)18-15-12/h1,4-5,8-9,11,15H,2-3,6-7H2. The fourth-order valence-electron chi connectivity index (χ4n) is 2.31. The van der Waals surface area contributed by atoms with Crippen LogP contribution in [0, 0.1) is 0 Å². The summed E-state index contributed by atoms with van der Waals surface area (Å²) >= 11 is 0. The summed E-state index contributed by atoms with van der Waals surface area (Å²) in [6.07, 6.45) is 6.05. The summed E-state index contributed by atoms with van der Waals surface area (Å²) in [6, 6.07) is 7.54. The normalized spacial score (nSPS) is 18.3. The molecule has 1 aliphatic carbocycles. The molecule has 1 aromatic carbocycles. The lowest BCUT2D eigenvalue weighted by molar-refractivity contribution is -0.145. The number of esters is 1. The van der Waals surface area contributed by atoms with Crippen LogP contribution >= 0.6 is 0 Å². The quantitative estimate of drug-likeness (QED) is 0.813. The molecule has 0 spiro atoms. The molecule has 0 aromatic heterocycles. The van der Waals surface area contributed by atoms with Gasteiger partial charge in [0.25, 0.3) is 0 Å². The van der Waals surface area contributed by atoms with Crippen LogP contribution in [0.2, 0.25) is 0 Å². The minimum Gasteiger partial charge on any atom is -0.458 e. The van der Waals surface area contributed by atoms with Crippen LogP contribution < -0.4 is 10.3 Å². The lowest BCUT2D eigenvalue weighted by Gasteiger charge is -2.19. The summed E-state index contributed by atoms with van der Waals surface area (Å²) < 4.78 is 5.42. The Kier molecular flexibility index (Phi) is 2.92. The first-order valence-electron chi connectivity index (χ1n) is 6.27. The second-order valence-corrected chi connectivity index (χ2v) is 4.61. The van der Waals surface area contributed by atoms with Gasteiger partial charge < -0.3 is 9.57 Å². The van der Waals surface area contributed by atoms with Crippen LogP contribution in [0.3, 0.4) is 0 Å². The van der Waals surface area contributed by atoms with Gasteiger partial charge in [0.05, 0.1) is 0 Å². The molecule has 0 bridgehead atoms. The van der Waals surface area contributed by atoms with Gasteiger partial charge in [0.2, 0.25) is 0 Å². The summed E-state index contributed by atoms with van der Waals surface area (Å²) in [5.74, 6) is 0.381. The number of para-hydroxylation sites is 1. The highest BCUT2D eigenvalue weighted by molar-refractivity contribution is 5.94. The molecule has 3 rings (SSSR count). The van der Waals surface area contributed by atoms with Gasteiger partial charge in [-0.3, -0.25) is 0 Å². The van der Waals surface area contributed by atoms with E-state index in [1.807, 2.05) is 24.3 Å². The molecule has 1 fully saturated rings. The molecule has 0 atom stereocenters. The van der Waals surface area contributed by atoms with Crippen molar-refractivity contribution in [3.63, 3.8) is 0 Å². The number of carbonyl (C=O) groups is 1. The van der Waals surface area contributed by atoms with Gasteiger partial charge in [-0.25, -0.2) is 10.3 Å². The Balaban J connectivity index is 1.73. The number of benzene rings is 1. The first-order chi connectivity index (χ1) is 8.83. The van der Waals surface area contributed by atoms with Crippen molar-refractivity contribution in [2.45, 2.75) is 31.8 Å². The Labute approximate surface area is 106 Å². The largest absolute Gasteiger partial charge is 0.458 e. The molecule has 1 heterocycles. The SMILES string of the molecule is O=C(OC1CCCC1)C1=Cc2ccccc2ON1. The van der Waals surface area contributed by atoms with Gasteiger partial charge in [-0.1, -0.05) is 18.2 Å². The Bertz CT molecular complexity index is 490. The molecule has 1 aromatic rings. The first kappa shape index (κ1) is 11.1. The van der Waals surface area contributed by atoms with E-state index < -0.39 is 0 Å². The van der Waals surface area contributed by atoms with E-state index in [-0.39, 0.29) is 12.1 Å². The third kappa shape index (κ3) is 2.18. The average molecular weight is 245 g/mol. The van der Waals surface area contributed by atoms with Gasteiger partial charge >= 0.3 is 5.97 Å². The Hall–Kier alpha value is -1.97. The molecule has 4 heteroatoms. The number of ether oxygens (including phenoxy) is 1. The summed E-state index contributed by atoms with van der Waals surface area (Å²) in [4.78, 5) is 17.2. The van der Waals surface area contributed by atoms with Crippen molar-refractivity contribution < 1.29 is 14.4 Å². The average Bonchev–Trinajstić information content (AvgIpc) is 2.91. The van der Waals surface area contributed by atoms with Crippen LogP contribution in [0.25, 0.3) is 6.08 Å². The maximum Gasteiger partial charge on any atom is 0.358 e. The van der Waals surface area contributed by atoms with E-state index in [1.165, 1.54) is 0 Å². The number of hydrogen-bond acceptors (Lipinski definition) is 4. The van der Waals surface area contributed by atoms with Crippen LogP contribution in [0.4, 0.5) is 0 Å². The van der Waals surface area contributed by atoms with Crippen molar-refractivity contribution in [1.82, 2.24) is 5.48 Å². The smallest absolute Gasteiger partial charge is 0.358 e. The number of fused-ring (bicyclic) bond motifs is 1. The molecule has 1 aliphatic heterocycles. The molecule has 0 radical (unpaired) electrons. The summed E-state index contributed by atoms with van der Waals surface area (Å²) in [5.41, 5.74) is 3.88. The number of hydrogen-bond donors (Lipinski definition) is 1. The molecular weight excluding hydrogens is 230 g/mol. The molecular formula is C14H15NO3. The number of nitrogens with one attached hydrogen (secondary N) is 1. The molecule has 4 nitrogen and oxygen atoms in total. The Morgan fingerprint density at radius 2 is 2.06 bits per heavy atom. The Morgan fingerprint density at radius 1 is 1.28 bits per heavy atom. The van der Waals surface area contributed by atoms with Gasteiger partial charge in [0.1, 0.15) is 6.10 Å². The second kappa shape index (κ2) is 4.72. The molecule has 0 saturated heterocycles. The van der Waals surface area contributed by atoms with Crippen molar-refractivity contribution in [3.8, 4) is 5.75 Å². The maximum atomic E-state index is 11.9. The zero-order chi connectivity index (χ0) is 12.4. The Morgan fingerprint density at radius 3 is 2.89 bits per heavy atom. The number of hydroxylamine groups is 1.